The fourth-order valence-electron chi connectivity index (χ4n) is 4.54. The second-order valence-electron chi connectivity index (χ2n) is 8.59. The highest BCUT2D eigenvalue weighted by Crippen LogP contribution is 2.32. The average molecular weight is 433 g/mol. The number of sulfonamides is 1. The second-order valence-corrected chi connectivity index (χ2v) is 10.6. The number of nitrogens with zero attached hydrogens (tertiary/aromatic N) is 4. The largest absolute Gasteiger partial charge is 0.340 e. The van der Waals surface area contributed by atoms with Crippen molar-refractivity contribution in [1.82, 2.24) is 14.1 Å². The van der Waals surface area contributed by atoms with E-state index in [1.54, 1.807) is 19.2 Å². The highest BCUT2D eigenvalue weighted by atomic mass is 32.2. The summed E-state index contributed by atoms with van der Waals surface area (Å²) in [5.41, 5.74) is 0.161. The Bertz CT molecular complexity index is 893. The Kier molecular flexibility index (Phi) is 7.17. The van der Waals surface area contributed by atoms with Crippen molar-refractivity contribution in [3.8, 4) is 6.07 Å². The quantitative estimate of drug-likeness (QED) is 0.713. The molecule has 1 saturated carbocycles. The van der Waals surface area contributed by atoms with Gasteiger partial charge in [-0.05, 0) is 51.7 Å². The van der Waals surface area contributed by atoms with E-state index in [2.05, 4.69) is 18.7 Å². The molecule has 30 heavy (non-hydrogen) atoms. The zero-order valence-electron chi connectivity index (χ0n) is 18.1. The molecule has 164 valence electrons. The molecule has 8 heteroatoms. The Balaban J connectivity index is 1.59. The Morgan fingerprint density at radius 1 is 1.10 bits per heavy atom. The van der Waals surface area contributed by atoms with Crippen molar-refractivity contribution in [1.29, 1.82) is 5.26 Å². The van der Waals surface area contributed by atoms with Crippen LogP contribution in [0, 0.1) is 17.2 Å². The summed E-state index contributed by atoms with van der Waals surface area (Å²) in [4.78, 5) is 17.4. The van der Waals surface area contributed by atoms with Crippen LogP contribution < -0.4 is 0 Å². The van der Waals surface area contributed by atoms with Crippen LogP contribution in [0.5, 0.6) is 0 Å². The molecule has 0 aromatic heterocycles. The second kappa shape index (κ2) is 9.46. The molecule has 0 unspecified atom stereocenters. The van der Waals surface area contributed by atoms with Gasteiger partial charge in [0, 0.05) is 51.2 Å². The first kappa shape index (κ1) is 22.7. The molecule has 1 saturated heterocycles. The minimum absolute atomic E-state index is 0.0191. The Hall–Kier alpha value is -1.95. The van der Waals surface area contributed by atoms with E-state index in [0.29, 0.717) is 31.7 Å². The predicted molar refractivity (Wildman–Crippen MR) is 115 cm³/mol. The van der Waals surface area contributed by atoms with Gasteiger partial charge in [-0.2, -0.15) is 9.57 Å². The minimum Gasteiger partial charge on any atom is -0.340 e. The minimum atomic E-state index is -3.74. The Morgan fingerprint density at radius 3 is 2.27 bits per heavy atom. The molecule has 0 spiro atoms. The maximum absolute atomic E-state index is 13.1. The lowest BCUT2D eigenvalue weighted by Crippen LogP contribution is -2.52. The van der Waals surface area contributed by atoms with Gasteiger partial charge in [0.2, 0.25) is 15.9 Å². The average Bonchev–Trinajstić information content (AvgIpc) is 2.78. The predicted octanol–water partition coefficient (Wildman–Crippen LogP) is 2.29. The van der Waals surface area contributed by atoms with Gasteiger partial charge in [-0.15, -0.1) is 0 Å². The van der Waals surface area contributed by atoms with Crippen LogP contribution in [0.3, 0.4) is 0 Å². The molecular weight excluding hydrogens is 400 g/mol. The molecule has 1 aliphatic carbocycles. The zero-order valence-corrected chi connectivity index (χ0v) is 18.9. The first-order chi connectivity index (χ1) is 14.3. The highest BCUT2D eigenvalue weighted by Gasteiger charge is 2.36. The van der Waals surface area contributed by atoms with Gasteiger partial charge in [-0.25, -0.2) is 8.42 Å². The SMILES string of the molecule is CC(C)N1CCN(C(=O)C2CCC(N(C)S(=O)(=O)c3ccccc3C#N)CC2)CC1. The van der Waals surface area contributed by atoms with E-state index in [-0.39, 0.29) is 28.3 Å². The number of carbonyl (C=O) groups excluding carboxylic acids is 1. The van der Waals surface area contributed by atoms with Crippen molar-refractivity contribution in [2.24, 2.45) is 5.92 Å². The molecule has 3 rings (SSSR count). The zero-order chi connectivity index (χ0) is 21.9. The summed E-state index contributed by atoms with van der Waals surface area (Å²) in [6.45, 7) is 7.74. The van der Waals surface area contributed by atoms with E-state index in [0.717, 1.165) is 26.2 Å². The summed E-state index contributed by atoms with van der Waals surface area (Å²) in [6, 6.07) is 8.62. The summed E-state index contributed by atoms with van der Waals surface area (Å²) in [5.74, 6) is 0.201. The molecule has 7 nitrogen and oxygen atoms in total. The molecule has 0 atom stereocenters. The molecule has 0 N–H and O–H groups in total. The van der Waals surface area contributed by atoms with E-state index in [1.165, 1.54) is 16.4 Å². The standard InChI is InChI=1S/C22H32N4O3S/c1-17(2)25-12-14-26(15-13-25)22(27)18-8-10-20(11-9-18)24(3)30(28,29)21-7-5-4-6-19(21)16-23/h4-7,17-18,20H,8-15H2,1-3H3. The molecule has 0 bridgehead atoms. The van der Waals surface area contributed by atoms with Crippen molar-refractivity contribution in [3.63, 3.8) is 0 Å². The van der Waals surface area contributed by atoms with E-state index < -0.39 is 10.0 Å². The Morgan fingerprint density at radius 2 is 1.70 bits per heavy atom. The fraction of sp³-hybridized carbons (Fsp3) is 0.636. The summed E-state index contributed by atoms with van der Waals surface area (Å²) >= 11 is 0. The first-order valence-electron chi connectivity index (χ1n) is 10.8. The lowest BCUT2D eigenvalue weighted by atomic mass is 9.85. The molecule has 2 fully saturated rings. The van der Waals surface area contributed by atoms with Crippen LogP contribution in [-0.4, -0.2) is 73.7 Å². The lowest BCUT2D eigenvalue weighted by molar-refractivity contribution is -0.138. The molecule has 1 aromatic carbocycles. The number of amides is 1. The number of rotatable bonds is 5. The van der Waals surface area contributed by atoms with Crippen molar-refractivity contribution in [2.75, 3.05) is 33.2 Å². The molecule has 1 aromatic rings. The van der Waals surface area contributed by atoms with Gasteiger partial charge in [0.1, 0.15) is 6.07 Å². The number of nitriles is 1. The van der Waals surface area contributed by atoms with Crippen molar-refractivity contribution >= 4 is 15.9 Å². The Labute approximate surface area is 180 Å². The summed E-state index contributed by atoms with van der Waals surface area (Å²) in [6.07, 6.45) is 2.72. The van der Waals surface area contributed by atoms with Gasteiger partial charge in [-0.1, -0.05) is 12.1 Å². The molecule has 0 radical (unpaired) electrons. The third-order valence-electron chi connectivity index (χ3n) is 6.58. The van der Waals surface area contributed by atoms with E-state index in [9.17, 15) is 18.5 Å². The van der Waals surface area contributed by atoms with Crippen LogP contribution in [0.1, 0.15) is 45.1 Å². The highest BCUT2D eigenvalue weighted by molar-refractivity contribution is 7.89. The number of carbonyl (C=O) groups is 1. The van der Waals surface area contributed by atoms with Crippen molar-refractivity contribution < 1.29 is 13.2 Å². The monoisotopic (exact) mass is 432 g/mol. The van der Waals surface area contributed by atoms with E-state index in [4.69, 9.17) is 0 Å². The van der Waals surface area contributed by atoms with Crippen LogP contribution in [-0.2, 0) is 14.8 Å². The fourth-order valence-corrected chi connectivity index (χ4v) is 6.09. The van der Waals surface area contributed by atoms with Gasteiger partial charge >= 0.3 is 0 Å². The molecule has 2 aliphatic rings. The lowest BCUT2D eigenvalue weighted by Gasteiger charge is -2.40. The van der Waals surface area contributed by atoms with Crippen molar-refractivity contribution in [2.45, 2.75) is 56.5 Å². The first-order valence-corrected chi connectivity index (χ1v) is 12.2. The van der Waals surface area contributed by atoms with Crippen LogP contribution in [0.4, 0.5) is 0 Å². The number of benzene rings is 1. The maximum atomic E-state index is 13.1. The van der Waals surface area contributed by atoms with E-state index in [1.807, 2.05) is 11.0 Å². The molecule has 1 amide bonds. The summed E-state index contributed by atoms with van der Waals surface area (Å²) < 4.78 is 27.5. The van der Waals surface area contributed by atoms with Gasteiger partial charge < -0.3 is 4.90 Å². The van der Waals surface area contributed by atoms with Gasteiger partial charge in [0.15, 0.2) is 0 Å². The third-order valence-corrected chi connectivity index (χ3v) is 8.55. The normalized spacial score (nSPS) is 23.5. The number of hydrogen-bond donors (Lipinski definition) is 0. The maximum Gasteiger partial charge on any atom is 0.244 e. The van der Waals surface area contributed by atoms with E-state index >= 15 is 0 Å². The van der Waals surface area contributed by atoms with Gasteiger partial charge in [0.05, 0.1) is 10.5 Å². The summed E-state index contributed by atoms with van der Waals surface area (Å²) in [7, 11) is -2.16. The number of hydrogen-bond acceptors (Lipinski definition) is 5. The van der Waals surface area contributed by atoms with Crippen LogP contribution >= 0.6 is 0 Å². The number of piperazine rings is 1. The summed E-state index contributed by atoms with van der Waals surface area (Å²) in [5, 5.41) is 9.26. The van der Waals surface area contributed by atoms with Crippen LogP contribution in [0.25, 0.3) is 0 Å². The smallest absolute Gasteiger partial charge is 0.244 e. The van der Waals surface area contributed by atoms with Crippen molar-refractivity contribution in [3.05, 3.63) is 29.8 Å². The molecule has 1 heterocycles. The van der Waals surface area contributed by atoms with Gasteiger partial charge in [0.25, 0.3) is 0 Å². The molecule has 1 aliphatic heterocycles. The van der Waals surface area contributed by atoms with Crippen LogP contribution in [0.2, 0.25) is 0 Å². The van der Waals surface area contributed by atoms with Gasteiger partial charge in [-0.3, -0.25) is 9.69 Å². The molecular formula is C22H32N4O3S. The topological polar surface area (TPSA) is 84.7 Å². The third kappa shape index (κ3) is 4.69. The van der Waals surface area contributed by atoms with Crippen LogP contribution in [0.15, 0.2) is 29.2 Å².